The number of benzene rings is 2. The second kappa shape index (κ2) is 8.18. The van der Waals surface area contributed by atoms with Gasteiger partial charge < -0.3 is 0 Å². The molecule has 10 heteroatoms. The topological polar surface area (TPSA) is 74.8 Å². The molecule has 0 atom stereocenters. The average molecular weight is 494 g/mol. The number of halogens is 2. The maximum absolute atomic E-state index is 12.8. The Morgan fingerprint density at radius 3 is 2.07 bits per heavy atom. The van der Waals surface area contributed by atoms with Gasteiger partial charge in [-0.3, -0.25) is 0 Å². The smallest absolute Gasteiger partial charge is 0.212 e. The fraction of sp³-hybridized carbons (Fsp3) is 0.294. The van der Waals surface area contributed by atoms with Gasteiger partial charge in [0.2, 0.25) is 20.0 Å². The first-order valence-corrected chi connectivity index (χ1v) is 12.4. The van der Waals surface area contributed by atoms with Gasteiger partial charge in [-0.15, -0.1) is 0 Å². The predicted molar refractivity (Wildman–Crippen MR) is 109 cm³/mol. The van der Waals surface area contributed by atoms with Crippen LogP contribution >= 0.6 is 27.5 Å². The van der Waals surface area contributed by atoms with Crippen molar-refractivity contribution in [3.63, 3.8) is 0 Å². The third kappa shape index (κ3) is 4.72. The molecule has 3 rings (SSSR count). The van der Waals surface area contributed by atoms with Crippen LogP contribution in [0.4, 0.5) is 0 Å². The molecule has 2 aromatic carbocycles. The molecular formula is C17H18BrClN2O4S2. The van der Waals surface area contributed by atoms with Gasteiger partial charge in [0.25, 0.3) is 0 Å². The van der Waals surface area contributed by atoms with E-state index in [1.807, 2.05) is 6.07 Å². The summed E-state index contributed by atoms with van der Waals surface area (Å²) in [6.07, 6.45) is 0. The fourth-order valence-corrected chi connectivity index (χ4v) is 6.84. The minimum absolute atomic E-state index is 0.0213. The summed E-state index contributed by atoms with van der Waals surface area (Å²) in [7, 11) is -7.28. The van der Waals surface area contributed by atoms with Gasteiger partial charge >= 0.3 is 0 Å². The van der Waals surface area contributed by atoms with E-state index in [4.69, 9.17) is 11.6 Å². The van der Waals surface area contributed by atoms with E-state index in [-0.39, 0.29) is 41.8 Å². The molecule has 1 aliphatic heterocycles. The van der Waals surface area contributed by atoms with Crippen LogP contribution in [0.25, 0.3) is 0 Å². The lowest BCUT2D eigenvalue weighted by molar-refractivity contribution is 0.272. The zero-order valence-electron chi connectivity index (χ0n) is 14.3. The van der Waals surface area contributed by atoms with Gasteiger partial charge in [0.1, 0.15) is 4.90 Å². The molecule has 0 radical (unpaired) electrons. The van der Waals surface area contributed by atoms with Crippen LogP contribution in [0.3, 0.4) is 0 Å². The summed E-state index contributed by atoms with van der Waals surface area (Å²) in [4.78, 5) is 0.0213. The quantitative estimate of drug-likeness (QED) is 0.642. The van der Waals surface area contributed by atoms with Crippen molar-refractivity contribution < 1.29 is 16.8 Å². The first-order chi connectivity index (χ1) is 12.7. The lowest BCUT2D eigenvalue weighted by Gasteiger charge is -2.33. The summed E-state index contributed by atoms with van der Waals surface area (Å²) < 4.78 is 54.2. The molecule has 0 spiro atoms. The van der Waals surface area contributed by atoms with Crippen molar-refractivity contribution in [2.75, 3.05) is 26.2 Å². The molecule has 1 aliphatic rings. The van der Waals surface area contributed by atoms with Crippen LogP contribution in [-0.4, -0.2) is 51.6 Å². The standard InChI is InChI=1S/C17H18BrClN2O4S2/c18-15-6-7-17(16(19)12-15)27(24,25)21-10-8-20(9-11-21)26(22,23)13-14-4-2-1-3-5-14/h1-7,12H,8-11,13H2. The summed E-state index contributed by atoms with van der Waals surface area (Å²) in [6, 6.07) is 13.5. The van der Waals surface area contributed by atoms with Crippen molar-refractivity contribution in [2.45, 2.75) is 10.6 Å². The van der Waals surface area contributed by atoms with Crippen LogP contribution in [0.15, 0.2) is 57.9 Å². The highest BCUT2D eigenvalue weighted by molar-refractivity contribution is 9.10. The van der Waals surface area contributed by atoms with Gasteiger partial charge in [-0.2, -0.15) is 8.61 Å². The SMILES string of the molecule is O=S(=O)(Cc1ccccc1)N1CCN(S(=O)(=O)c2ccc(Br)cc2Cl)CC1. The summed E-state index contributed by atoms with van der Waals surface area (Å²) in [5, 5.41) is 0.128. The number of rotatable bonds is 5. The molecule has 27 heavy (non-hydrogen) atoms. The van der Waals surface area contributed by atoms with Crippen molar-refractivity contribution in [2.24, 2.45) is 0 Å². The maximum atomic E-state index is 12.8. The zero-order valence-corrected chi connectivity index (χ0v) is 18.2. The largest absolute Gasteiger partial charge is 0.244 e. The maximum Gasteiger partial charge on any atom is 0.244 e. The van der Waals surface area contributed by atoms with Gasteiger partial charge in [0.05, 0.1) is 10.8 Å². The molecule has 1 saturated heterocycles. The summed E-state index contributed by atoms with van der Waals surface area (Å²) in [5.74, 6) is -0.0981. The minimum atomic E-state index is -3.78. The number of hydrogen-bond acceptors (Lipinski definition) is 4. The molecular weight excluding hydrogens is 476 g/mol. The van der Waals surface area contributed by atoms with E-state index in [1.165, 1.54) is 20.7 Å². The number of piperazine rings is 1. The Kier molecular flexibility index (Phi) is 6.29. The van der Waals surface area contributed by atoms with Gasteiger partial charge in [-0.25, -0.2) is 16.8 Å². The van der Waals surface area contributed by atoms with Crippen molar-refractivity contribution in [3.8, 4) is 0 Å². The molecule has 2 aromatic rings. The van der Waals surface area contributed by atoms with Gasteiger partial charge in [-0.1, -0.05) is 57.9 Å². The Morgan fingerprint density at radius 2 is 1.48 bits per heavy atom. The molecule has 1 fully saturated rings. The molecule has 0 saturated carbocycles. The highest BCUT2D eigenvalue weighted by atomic mass is 79.9. The molecule has 0 N–H and O–H groups in total. The van der Waals surface area contributed by atoms with E-state index in [1.54, 1.807) is 30.3 Å². The molecule has 0 aliphatic carbocycles. The van der Waals surface area contributed by atoms with Crippen molar-refractivity contribution in [1.29, 1.82) is 0 Å². The van der Waals surface area contributed by atoms with Crippen LogP contribution in [0, 0.1) is 0 Å². The first kappa shape index (κ1) is 20.8. The van der Waals surface area contributed by atoms with E-state index in [0.29, 0.717) is 10.0 Å². The van der Waals surface area contributed by atoms with Crippen LogP contribution in [0.5, 0.6) is 0 Å². The molecule has 0 bridgehead atoms. The van der Waals surface area contributed by atoms with E-state index >= 15 is 0 Å². The van der Waals surface area contributed by atoms with Gasteiger partial charge in [-0.05, 0) is 23.8 Å². The van der Waals surface area contributed by atoms with E-state index < -0.39 is 20.0 Å². The van der Waals surface area contributed by atoms with Crippen LogP contribution < -0.4 is 0 Å². The van der Waals surface area contributed by atoms with Crippen LogP contribution in [0.1, 0.15) is 5.56 Å². The second-order valence-corrected chi connectivity index (χ2v) is 11.3. The zero-order chi connectivity index (χ0) is 19.7. The number of hydrogen-bond donors (Lipinski definition) is 0. The van der Waals surface area contributed by atoms with Crippen molar-refractivity contribution in [1.82, 2.24) is 8.61 Å². The number of sulfonamides is 2. The average Bonchev–Trinajstić information content (AvgIpc) is 2.62. The first-order valence-electron chi connectivity index (χ1n) is 8.17. The lowest BCUT2D eigenvalue weighted by Crippen LogP contribution is -2.50. The highest BCUT2D eigenvalue weighted by Crippen LogP contribution is 2.28. The fourth-order valence-electron chi connectivity index (χ4n) is 2.89. The van der Waals surface area contributed by atoms with E-state index in [2.05, 4.69) is 15.9 Å². The van der Waals surface area contributed by atoms with Crippen molar-refractivity contribution in [3.05, 3.63) is 63.6 Å². The highest BCUT2D eigenvalue weighted by Gasteiger charge is 2.33. The Labute approximate surface area is 173 Å². The Bertz CT molecular complexity index is 1020. The normalized spacial score (nSPS) is 17.1. The molecule has 0 unspecified atom stereocenters. The van der Waals surface area contributed by atoms with Crippen molar-refractivity contribution >= 4 is 47.6 Å². The third-order valence-corrected chi connectivity index (χ3v) is 9.02. The Morgan fingerprint density at radius 1 is 0.889 bits per heavy atom. The molecule has 1 heterocycles. The number of nitrogens with zero attached hydrogens (tertiary/aromatic N) is 2. The molecule has 0 amide bonds. The minimum Gasteiger partial charge on any atom is -0.212 e. The summed E-state index contributed by atoms with van der Waals surface area (Å²) in [5.41, 5.74) is 0.703. The summed E-state index contributed by atoms with van der Waals surface area (Å²) in [6.45, 7) is 0.399. The lowest BCUT2D eigenvalue weighted by atomic mass is 10.2. The monoisotopic (exact) mass is 492 g/mol. The van der Waals surface area contributed by atoms with Gasteiger partial charge in [0, 0.05) is 30.7 Å². The van der Waals surface area contributed by atoms with Crippen LogP contribution in [-0.2, 0) is 25.8 Å². The Hall–Kier alpha value is -0.970. The molecule has 0 aromatic heterocycles. The van der Waals surface area contributed by atoms with Crippen LogP contribution in [0.2, 0.25) is 5.02 Å². The summed E-state index contributed by atoms with van der Waals surface area (Å²) >= 11 is 9.33. The third-order valence-electron chi connectivity index (χ3n) is 4.29. The second-order valence-electron chi connectivity index (χ2n) is 6.12. The molecule has 6 nitrogen and oxygen atoms in total. The van der Waals surface area contributed by atoms with E-state index in [0.717, 1.165) is 0 Å². The molecule has 146 valence electrons. The Balaban J connectivity index is 1.71. The predicted octanol–water partition coefficient (Wildman–Crippen LogP) is 2.94. The van der Waals surface area contributed by atoms with E-state index in [9.17, 15) is 16.8 Å². The van der Waals surface area contributed by atoms with Gasteiger partial charge in [0.15, 0.2) is 0 Å².